The Morgan fingerprint density at radius 1 is 1.26 bits per heavy atom. The Morgan fingerprint density at radius 3 is 2.37 bits per heavy atom. The number of nitrogens with two attached hydrogens (primary N) is 1. The van der Waals surface area contributed by atoms with Crippen molar-refractivity contribution in [2.75, 3.05) is 33.2 Å². The number of para-hydroxylation sites is 1. The van der Waals surface area contributed by atoms with Gasteiger partial charge in [-0.1, -0.05) is 49.9 Å². The van der Waals surface area contributed by atoms with Crippen LogP contribution in [0.4, 0.5) is 5.69 Å². The molecule has 1 unspecified atom stereocenters. The van der Waals surface area contributed by atoms with Crippen molar-refractivity contribution in [2.45, 2.75) is 53.5 Å². The summed E-state index contributed by atoms with van der Waals surface area (Å²) in [4.78, 5) is 21.0. The summed E-state index contributed by atoms with van der Waals surface area (Å²) >= 11 is 0. The number of hydrogen-bond donors (Lipinski definition) is 2. The molecule has 3 N–H and O–H groups in total. The average Bonchev–Trinajstić information content (AvgIpc) is 2.85. The summed E-state index contributed by atoms with van der Waals surface area (Å²) < 4.78 is 0. The number of carbonyl (C=O) groups is 1. The lowest BCUT2D eigenvalue weighted by Gasteiger charge is -2.36. The largest absolute Gasteiger partial charge is 0.404 e. The summed E-state index contributed by atoms with van der Waals surface area (Å²) in [6.07, 6.45) is 9.73. The summed E-state index contributed by atoms with van der Waals surface area (Å²) in [6, 6.07) is 10.1. The number of amidine groups is 1. The lowest BCUT2D eigenvalue weighted by atomic mass is 10.0. The second-order valence-electron chi connectivity index (χ2n) is 8.47. The second kappa shape index (κ2) is 16.5. The van der Waals surface area contributed by atoms with Crippen molar-refractivity contribution in [1.29, 1.82) is 0 Å². The summed E-state index contributed by atoms with van der Waals surface area (Å²) in [7, 11) is 2.03. The average molecular weight is 480 g/mol. The molecule has 1 aromatic carbocycles. The molecule has 0 aliphatic carbocycles. The Morgan fingerprint density at radius 2 is 1.91 bits per heavy atom. The molecule has 1 saturated heterocycles. The number of carbonyl (C=O) groups excluding carboxylic acids is 1. The van der Waals surface area contributed by atoms with Gasteiger partial charge in [0.05, 0.1) is 5.69 Å². The SMILES string of the molecule is C=C(C(=O)NCC(/C=C\C)=C/C)C(C)N1CCC1.CC/C(=C/N)C(=Nc1ccccc1)N(C)CC. The van der Waals surface area contributed by atoms with Gasteiger partial charge in [0.15, 0.2) is 0 Å². The van der Waals surface area contributed by atoms with Crippen LogP contribution >= 0.6 is 0 Å². The molecule has 6 heteroatoms. The van der Waals surface area contributed by atoms with Crippen LogP contribution < -0.4 is 11.1 Å². The molecule has 1 aliphatic rings. The Kier molecular flexibility index (Phi) is 14.1. The highest BCUT2D eigenvalue weighted by atomic mass is 16.1. The van der Waals surface area contributed by atoms with E-state index in [0.29, 0.717) is 12.1 Å². The standard InChI is InChI=1S/C15H24N2O.C14H21N3/c1-5-8-14(6-2)11-16-15(18)12(3)13(4)17-9-7-10-17;1-4-12(11-15)14(17(3)5-2)16-13-9-7-6-8-10-13/h5-6,8,13H,3,7,9-11H2,1-2,4H3,(H,16,18);6-11H,4-5,15H2,1-3H3/b8-5-,14-6+;12-11-,16-14?. The topological polar surface area (TPSA) is 74.0 Å². The maximum atomic E-state index is 12.0. The molecule has 0 spiro atoms. The van der Waals surface area contributed by atoms with Gasteiger partial charge in [-0.05, 0) is 71.3 Å². The lowest BCUT2D eigenvalue weighted by molar-refractivity contribution is -0.118. The number of benzene rings is 1. The first-order valence-corrected chi connectivity index (χ1v) is 12.6. The Balaban J connectivity index is 0.000000351. The van der Waals surface area contributed by atoms with E-state index in [1.165, 1.54) is 6.42 Å². The van der Waals surface area contributed by atoms with E-state index in [-0.39, 0.29) is 11.9 Å². The summed E-state index contributed by atoms with van der Waals surface area (Å²) in [5.41, 5.74) is 9.45. The predicted octanol–water partition coefficient (Wildman–Crippen LogP) is 5.20. The fourth-order valence-electron chi connectivity index (χ4n) is 3.43. The molecule has 0 bridgehead atoms. The minimum absolute atomic E-state index is 0.0433. The van der Waals surface area contributed by atoms with Crippen LogP contribution in [0.15, 0.2) is 83.1 Å². The molecule has 1 atom stereocenters. The molecule has 35 heavy (non-hydrogen) atoms. The minimum Gasteiger partial charge on any atom is -0.404 e. The zero-order valence-corrected chi connectivity index (χ0v) is 22.6. The number of hydrogen-bond acceptors (Lipinski definition) is 4. The van der Waals surface area contributed by atoms with E-state index in [1.807, 2.05) is 76.4 Å². The first kappa shape index (κ1) is 29.9. The van der Waals surface area contributed by atoms with E-state index in [0.717, 1.165) is 48.7 Å². The van der Waals surface area contributed by atoms with Gasteiger partial charge in [0.25, 0.3) is 0 Å². The summed E-state index contributed by atoms with van der Waals surface area (Å²) in [6.45, 7) is 17.7. The van der Waals surface area contributed by atoms with E-state index >= 15 is 0 Å². The van der Waals surface area contributed by atoms with E-state index in [2.05, 4.69) is 40.5 Å². The number of aliphatic imine (C=N–C) groups is 1. The quantitative estimate of drug-likeness (QED) is 0.209. The normalized spacial score (nSPS) is 15.7. The third kappa shape index (κ3) is 9.95. The van der Waals surface area contributed by atoms with E-state index in [1.54, 1.807) is 6.20 Å². The van der Waals surface area contributed by atoms with Crippen molar-refractivity contribution in [1.82, 2.24) is 15.1 Å². The predicted molar refractivity (Wildman–Crippen MR) is 151 cm³/mol. The van der Waals surface area contributed by atoms with Gasteiger partial charge in [0, 0.05) is 43.5 Å². The molecule has 0 saturated carbocycles. The number of nitrogens with one attached hydrogen (secondary N) is 1. The highest BCUT2D eigenvalue weighted by Gasteiger charge is 2.25. The molecular weight excluding hydrogens is 434 g/mol. The van der Waals surface area contributed by atoms with Gasteiger partial charge in [-0.3, -0.25) is 9.69 Å². The van der Waals surface area contributed by atoms with Crippen LogP contribution in [-0.2, 0) is 4.79 Å². The maximum Gasteiger partial charge on any atom is 0.248 e. The summed E-state index contributed by atoms with van der Waals surface area (Å²) in [5.74, 6) is 0.905. The fraction of sp³-hybridized carbons (Fsp3) is 0.448. The monoisotopic (exact) mass is 479 g/mol. The lowest BCUT2D eigenvalue weighted by Crippen LogP contribution is -2.47. The van der Waals surface area contributed by atoms with Crippen LogP contribution in [0, 0.1) is 0 Å². The third-order valence-corrected chi connectivity index (χ3v) is 6.14. The van der Waals surface area contributed by atoms with Gasteiger partial charge in [0.2, 0.25) is 5.91 Å². The van der Waals surface area contributed by atoms with Crippen LogP contribution in [0.3, 0.4) is 0 Å². The van der Waals surface area contributed by atoms with Gasteiger partial charge in [-0.2, -0.15) is 0 Å². The van der Waals surface area contributed by atoms with Crippen molar-refractivity contribution >= 4 is 17.4 Å². The first-order chi connectivity index (χ1) is 16.8. The van der Waals surface area contributed by atoms with Crippen molar-refractivity contribution in [3.63, 3.8) is 0 Å². The summed E-state index contributed by atoms with van der Waals surface area (Å²) in [5, 5.41) is 2.92. The molecule has 1 aromatic rings. The molecule has 1 aliphatic heterocycles. The number of likely N-dealkylation sites (tertiary alicyclic amines) is 1. The molecule has 0 radical (unpaired) electrons. The van der Waals surface area contributed by atoms with Crippen molar-refractivity contribution in [2.24, 2.45) is 10.7 Å². The van der Waals surface area contributed by atoms with Crippen LogP contribution in [-0.4, -0.2) is 60.8 Å². The van der Waals surface area contributed by atoms with Crippen LogP contribution in [0.2, 0.25) is 0 Å². The number of allylic oxidation sites excluding steroid dienone is 2. The number of nitrogens with zero attached hydrogens (tertiary/aromatic N) is 3. The highest BCUT2D eigenvalue weighted by Crippen LogP contribution is 2.17. The zero-order valence-electron chi connectivity index (χ0n) is 22.6. The van der Waals surface area contributed by atoms with Gasteiger partial charge < -0.3 is 16.0 Å². The third-order valence-electron chi connectivity index (χ3n) is 6.14. The Bertz CT molecular complexity index is 910. The molecule has 1 fully saturated rings. The second-order valence-corrected chi connectivity index (χ2v) is 8.47. The van der Waals surface area contributed by atoms with E-state index < -0.39 is 0 Å². The van der Waals surface area contributed by atoms with Crippen molar-refractivity contribution in [3.8, 4) is 0 Å². The molecule has 2 rings (SSSR count). The molecule has 0 aromatic heterocycles. The first-order valence-electron chi connectivity index (χ1n) is 12.6. The number of amides is 1. The van der Waals surface area contributed by atoms with Crippen molar-refractivity contribution in [3.05, 3.63) is 78.1 Å². The molecule has 1 heterocycles. The molecule has 6 nitrogen and oxygen atoms in total. The Labute approximate surface area is 213 Å². The van der Waals surface area contributed by atoms with E-state index in [9.17, 15) is 4.79 Å². The number of likely N-dealkylation sites (N-methyl/N-ethyl adjacent to an activating group) is 1. The fourth-order valence-corrected chi connectivity index (χ4v) is 3.43. The molecule has 192 valence electrons. The van der Waals surface area contributed by atoms with Crippen LogP contribution in [0.1, 0.15) is 47.5 Å². The maximum absolute atomic E-state index is 12.0. The van der Waals surface area contributed by atoms with Crippen LogP contribution in [0.25, 0.3) is 0 Å². The van der Waals surface area contributed by atoms with Gasteiger partial charge >= 0.3 is 0 Å². The van der Waals surface area contributed by atoms with Gasteiger partial charge in [0.1, 0.15) is 5.84 Å². The number of rotatable bonds is 10. The minimum atomic E-state index is -0.0433. The zero-order chi connectivity index (χ0) is 26.2. The smallest absolute Gasteiger partial charge is 0.248 e. The Hall–Kier alpha value is -3.12. The van der Waals surface area contributed by atoms with E-state index in [4.69, 9.17) is 5.73 Å². The molecule has 1 amide bonds. The van der Waals surface area contributed by atoms with Gasteiger partial charge in [-0.15, -0.1) is 0 Å². The molecular formula is C29H45N5O. The van der Waals surface area contributed by atoms with Crippen molar-refractivity contribution < 1.29 is 4.79 Å². The van der Waals surface area contributed by atoms with Crippen LogP contribution in [0.5, 0.6) is 0 Å². The highest BCUT2D eigenvalue weighted by molar-refractivity contribution is 5.99. The van der Waals surface area contributed by atoms with Gasteiger partial charge in [-0.25, -0.2) is 4.99 Å².